The number of methoxy groups -OCH3 is 1. The summed E-state index contributed by atoms with van der Waals surface area (Å²) in [6, 6.07) is 8.80. The second kappa shape index (κ2) is 8.17. The zero-order valence-corrected chi connectivity index (χ0v) is 17.2. The number of phenolic OH excluding ortho intramolecular Hbond substituents is 1. The number of rotatable bonds is 5. The van der Waals surface area contributed by atoms with Crippen LogP contribution in [-0.4, -0.2) is 40.5 Å². The molecule has 0 aromatic heterocycles. The third-order valence-electron chi connectivity index (χ3n) is 4.84. The number of hydrogen-bond donors (Lipinski definition) is 2. The molecule has 2 N–H and O–H groups in total. The second-order valence-electron chi connectivity index (χ2n) is 6.92. The summed E-state index contributed by atoms with van der Waals surface area (Å²) in [5.41, 5.74) is 1.46. The van der Waals surface area contributed by atoms with Gasteiger partial charge >= 0.3 is 0 Å². The topological polar surface area (TPSA) is 87.1 Å². The number of carbonyl (C=O) groups excluding carboxylic acids is 2. The van der Waals surface area contributed by atoms with Crippen molar-refractivity contribution in [3.05, 3.63) is 63.7 Å². The standard InChI is InChI=1S/C22H22ClNO5/c1-4-8-24-18(13-6-5-7-14(25)11-13)17(20(27)22(24)28)19(26)15-9-12(2)10-16(23)21(15)29-3/h5-7,9-11,18,25-26H,4,8H2,1-3H3/b19-17+. The van der Waals surface area contributed by atoms with E-state index in [9.17, 15) is 19.8 Å². The van der Waals surface area contributed by atoms with Crippen molar-refractivity contribution in [2.75, 3.05) is 13.7 Å². The fourth-order valence-corrected chi connectivity index (χ4v) is 4.00. The summed E-state index contributed by atoms with van der Waals surface area (Å²) in [4.78, 5) is 27.0. The monoisotopic (exact) mass is 415 g/mol. The molecule has 3 rings (SSSR count). The number of phenols is 1. The van der Waals surface area contributed by atoms with Crippen molar-refractivity contribution in [2.45, 2.75) is 26.3 Å². The summed E-state index contributed by atoms with van der Waals surface area (Å²) < 4.78 is 5.33. The number of amides is 1. The maximum atomic E-state index is 12.9. The molecule has 0 saturated carbocycles. The van der Waals surface area contributed by atoms with Crippen LogP contribution in [-0.2, 0) is 9.59 Å². The molecule has 1 heterocycles. The van der Waals surface area contributed by atoms with Gasteiger partial charge in [-0.3, -0.25) is 9.59 Å². The van der Waals surface area contributed by atoms with E-state index in [0.29, 0.717) is 18.5 Å². The van der Waals surface area contributed by atoms with Crippen LogP contribution in [0.4, 0.5) is 0 Å². The van der Waals surface area contributed by atoms with E-state index in [0.717, 1.165) is 5.56 Å². The quantitative estimate of drug-likeness (QED) is 0.434. The molecule has 0 bridgehead atoms. The number of aliphatic hydroxyl groups excluding tert-OH is 1. The van der Waals surface area contributed by atoms with E-state index in [1.54, 1.807) is 31.2 Å². The van der Waals surface area contributed by atoms with Crippen LogP contribution in [0.2, 0.25) is 5.02 Å². The lowest BCUT2D eigenvalue weighted by Gasteiger charge is -2.25. The molecular weight excluding hydrogens is 394 g/mol. The average Bonchev–Trinajstić information content (AvgIpc) is 2.92. The first-order valence-electron chi connectivity index (χ1n) is 9.22. The summed E-state index contributed by atoms with van der Waals surface area (Å²) in [6.07, 6.45) is 0.627. The Kier molecular flexibility index (Phi) is 5.84. The SMILES string of the molecule is CCCN1C(=O)C(=O)/C(=C(/O)c2cc(C)cc(Cl)c2OC)C1c1cccc(O)c1. The Morgan fingerprint density at radius 2 is 1.97 bits per heavy atom. The van der Waals surface area contributed by atoms with Gasteiger partial charge in [-0.1, -0.05) is 30.7 Å². The van der Waals surface area contributed by atoms with Crippen LogP contribution in [0.25, 0.3) is 5.76 Å². The minimum atomic E-state index is -0.828. The first-order chi connectivity index (χ1) is 13.8. The van der Waals surface area contributed by atoms with E-state index < -0.39 is 17.7 Å². The number of aliphatic hydroxyl groups is 1. The molecule has 1 aliphatic heterocycles. The van der Waals surface area contributed by atoms with E-state index in [1.807, 2.05) is 6.92 Å². The molecule has 29 heavy (non-hydrogen) atoms. The highest BCUT2D eigenvalue weighted by molar-refractivity contribution is 6.46. The number of aryl methyl sites for hydroxylation is 1. The van der Waals surface area contributed by atoms with Crippen LogP contribution in [0.15, 0.2) is 42.0 Å². The molecule has 7 heteroatoms. The summed E-state index contributed by atoms with van der Waals surface area (Å²) in [5.74, 6) is -1.63. The highest BCUT2D eigenvalue weighted by Crippen LogP contribution is 2.43. The maximum absolute atomic E-state index is 12.9. The molecule has 0 aliphatic carbocycles. The van der Waals surface area contributed by atoms with Crippen LogP contribution in [0, 0.1) is 6.92 Å². The molecule has 152 valence electrons. The fourth-order valence-electron chi connectivity index (χ4n) is 3.65. The summed E-state index contributed by atoms with van der Waals surface area (Å²) in [7, 11) is 1.41. The van der Waals surface area contributed by atoms with Crippen molar-refractivity contribution in [1.29, 1.82) is 0 Å². The molecule has 2 aromatic rings. The Morgan fingerprint density at radius 3 is 2.59 bits per heavy atom. The van der Waals surface area contributed by atoms with Gasteiger partial charge in [0.1, 0.15) is 17.3 Å². The normalized spacial score (nSPS) is 18.3. The highest BCUT2D eigenvalue weighted by Gasteiger charge is 2.46. The molecule has 0 radical (unpaired) electrons. The molecule has 1 unspecified atom stereocenters. The Hall–Kier alpha value is -2.99. The first-order valence-corrected chi connectivity index (χ1v) is 9.59. The first kappa shape index (κ1) is 20.7. The Labute approximate surface area is 174 Å². The molecule has 1 amide bonds. The van der Waals surface area contributed by atoms with Gasteiger partial charge in [0.25, 0.3) is 11.7 Å². The summed E-state index contributed by atoms with van der Waals surface area (Å²) in [5, 5.41) is 21.3. The zero-order chi connectivity index (χ0) is 21.3. The molecule has 1 fully saturated rings. The van der Waals surface area contributed by atoms with Crippen LogP contribution < -0.4 is 4.74 Å². The lowest BCUT2D eigenvalue weighted by atomic mass is 9.94. The van der Waals surface area contributed by atoms with Gasteiger partial charge in [0.05, 0.1) is 29.3 Å². The van der Waals surface area contributed by atoms with Gasteiger partial charge in [0, 0.05) is 6.54 Å². The number of aromatic hydroxyl groups is 1. The second-order valence-corrected chi connectivity index (χ2v) is 7.32. The van der Waals surface area contributed by atoms with Crippen molar-refractivity contribution >= 4 is 29.1 Å². The lowest BCUT2D eigenvalue weighted by Crippen LogP contribution is -2.30. The molecular formula is C22H22ClNO5. The Bertz CT molecular complexity index is 1010. The number of nitrogens with zero attached hydrogens (tertiary/aromatic N) is 1. The van der Waals surface area contributed by atoms with Gasteiger partial charge in [-0.15, -0.1) is 0 Å². The van der Waals surface area contributed by atoms with Crippen LogP contribution in [0.3, 0.4) is 0 Å². The minimum absolute atomic E-state index is 0.000710. The van der Waals surface area contributed by atoms with Crippen molar-refractivity contribution < 1.29 is 24.5 Å². The molecule has 6 nitrogen and oxygen atoms in total. The van der Waals surface area contributed by atoms with Crippen LogP contribution in [0.1, 0.15) is 36.1 Å². The smallest absolute Gasteiger partial charge is 0.295 e. The van der Waals surface area contributed by atoms with E-state index in [4.69, 9.17) is 16.3 Å². The predicted octanol–water partition coefficient (Wildman–Crippen LogP) is 4.19. The number of ketones is 1. The van der Waals surface area contributed by atoms with Gasteiger partial charge < -0.3 is 19.8 Å². The van der Waals surface area contributed by atoms with E-state index in [-0.39, 0.29) is 33.4 Å². The molecule has 1 atom stereocenters. The van der Waals surface area contributed by atoms with Crippen molar-refractivity contribution in [3.8, 4) is 11.5 Å². The minimum Gasteiger partial charge on any atom is -0.508 e. The molecule has 1 aliphatic rings. The number of benzene rings is 2. The largest absolute Gasteiger partial charge is 0.508 e. The Balaban J connectivity index is 2.29. The van der Waals surface area contributed by atoms with Gasteiger partial charge in [0.15, 0.2) is 0 Å². The molecule has 0 spiro atoms. The third kappa shape index (κ3) is 3.68. The molecule has 1 saturated heterocycles. The maximum Gasteiger partial charge on any atom is 0.295 e. The van der Waals surface area contributed by atoms with E-state index in [1.165, 1.54) is 24.1 Å². The van der Waals surface area contributed by atoms with Crippen LogP contribution >= 0.6 is 11.6 Å². The number of hydrogen-bond acceptors (Lipinski definition) is 5. The predicted molar refractivity (Wildman–Crippen MR) is 110 cm³/mol. The van der Waals surface area contributed by atoms with E-state index >= 15 is 0 Å². The van der Waals surface area contributed by atoms with Crippen molar-refractivity contribution in [3.63, 3.8) is 0 Å². The zero-order valence-electron chi connectivity index (χ0n) is 16.4. The van der Waals surface area contributed by atoms with E-state index in [2.05, 4.69) is 0 Å². The number of likely N-dealkylation sites (tertiary alicyclic amines) is 1. The number of carbonyl (C=O) groups is 2. The molecule has 2 aromatic carbocycles. The third-order valence-corrected chi connectivity index (χ3v) is 5.12. The Morgan fingerprint density at radius 1 is 1.24 bits per heavy atom. The number of halogens is 1. The number of Topliss-reactive ketones (excluding diaryl/α,β-unsaturated/α-hetero) is 1. The summed E-state index contributed by atoms with van der Waals surface area (Å²) in [6.45, 7) is 4.01. The number of ether oxygens (including phenoxy) is 1. The highest BCUT2D eigenvalue weighted by atomic mass is 35.5. The average molecular weight is 416 g/mol. The summed E-state index contributed by atoms with van der Waals surface area (Å²) >= 11 is 6.25. The van der Waals surface area contributed by atoms with Crippen molar-refractivity contribution in [1.82, 2.24) is 4.90 Å². The van der Waals surface area contributed by atoms with Gasteiger partial charge in [-0.2, -0.15) is 0 Å². The van der Waals surface area contributed by atoms with Gasteiger partial charge in [-0.25, -0.2) is 0 Å². The lowest BCUT2D eigenvalue weighted by molar-refractivity contribution is -0.139. The fraction of sp³-hybridized carbons (Fsp3) is 0.273. The van der Waals surface area contributed by atoms with Crippen LogP contribution in [0.5, 0.6) is 11.5 Å². The van der Waals surface area contributed by atoms with Gasteiger partial charge in [0.2, 0.25) is 0 Å². The van der Waals surface area contributed by atoms with Crippen molar-refractivity contribution in [2.24, 2.45) is 0 Å². The van der Waals surface area contributed by atoms with Gasteiger partial charge in [-0.05, 0) is 48.7 Å².